The van der Waals surface area contributed by atoms with E-state index in [1.807, 2.05) is 42.5 Å². The lowest BCUT2D eigenvalue weighted by Crippen LogP contribution is -2.26. The molecule has 5 heteroatoms. The first-order valence-electron chi connectivity index (χ1n) is 6.13. The molecule has 0 unspecified atom stereocenters. The second kappa shape index (κ2) is 7.87. The van der Waals surface area contributed by atoms with Crippen LogP contribution in [0.1, 0.15) is 4.88 Å². The zero-order chi connectivity index (χ0) is 14.2. The van der Waals surface area contributed by atoms with Gasteiger partial charge in [-0.1, -0.05) is 18.2 Å². The van der Waals surface area contributed by atoms with Crippen molar-refractivity contribution in [2.75, 3.05) is 13.2 Å². The Morgan fingerprint density at radius 2 is 2.05 bits per heavy atom. The average Bonchev–Trinajstić information content (AvgIpc) is 2.88. The lowest BCUT2D eigenvalue weighted by molar-refractivity contribution is -0.116. The summed E-state index contributed by atoms with van der Waals surface area (Å²) in [5, 5.41) is 2.77. The molecule has 1 aromatic carbocycles. The molecule has 1 aromatic heterocycles. The summed E-state index contributed by atoms with van der Waals surface area (Å²) in [5.74, 6) is 0.687. The Labute approximate surface area is 130 Å². The van der Waals surface area contributed by atoms with Crippen LogP contribution in [0.2, 0.25) is 0 Å². The molecule has 0 aliphatic carbocycles. The molecular weight excluding hydrogens is 338 g/mol. The lowest BCUT2D eigenvalue weighted by atomic mass is 10.3. The van der Waals surface area contributed by atoms with Gasteiger partial charge in [-0.15, -0.1) is 11.3 Å². The van der Waals surface area contributed by atoms with Crippen molar-refractivity contribution in [1.29, 1.82) is 0 Å². The van der Waals surface area contributed by atoms with Crippen LogP contribution in [0.4, 0.5) is 0 Å². The molecule has 1 N–H and O–H groups in total. The van der Waals surface area contributed by atoms with Gasteiger partial charge < -0.3 is 10.1 Å². The summed E-state index contributed by atoms with van der Waals surface area (Å²) < 4.78 is 6.53. The first-order valence-corrected chi connectivity index (χ1v) is 7.74. The Morgan fingerprint density at radius 1 is 1.25 bits per heavy atom. The van der Waals surface area contributed by atoms with E-state index in [0.29, 0.717) is 13.2 Å². The highest BCUT2D eigenvalue weighted by Gasteiger charge is 1.97. The SMILES string of the molecule is O=C(C=Cc1ccc(Br)s1)NCCOc1ccccc1. The number of para-hydroxylation sites is 1. The van der Waals surface area contributed by atoms with Crippen LogP contribution in [-0.4, -0.2) is 19.1 Å². The van der Waals surface area contributed by atoms with Crippen molar-refractivity contribution in [3.8, 4) is 5.75 Å². The number of ether oxygens (including phenoxy) is 1. The van der Waals surface area contributed by atoms with Crippen LogP contribution in [0.15, 0.2) is 52.3 Å². The van der Waals surface area contributed by atoms with Gasteiger partial charge >= 0.3 is 0 Å². The van der Waals surface area contributed by atoms with Gasteiger partial charge in [0.25, 0.3) is 0 Å². The third kappa shape index (κ3) is 5.19. The fourth-order valence-electron chi connectivity index (χ4n) is 1.49. The number of hydrogen-bond donors (Lipinski definition) is 1. The van der Waals surface area contributed by atoms with E-state index in [-0.39, 0.29) is 5.91 Å². The van der Waals surface area contributed by atoms with Crippen LogP contribution in [0.5, 0.6) is 5.75 Å². The predicted octanol–water partition coefficient (Wildman–Crippen LogP) is 3.72. The van der Waals surface area contributed by atoms with Gasteiger partial charge in [0, 0.05) is 11.0 Å². The fourth-order valence-corrected chi connectivity index (χ4v) is 2.82. The number of carbonyl (C=O) groups is 1. The van der Waals surface area contributed by atoms with Crippen molar-refractivity contribution in [2.24, 2.45) is 0 Å². The quantitative estimate of drug-likeness (QED) is 0.636. The molecule has 1 amide bonds. The van der Waals surface area contributed by atoms with E-state index in [1.165, 1.54) is 6.08 Å². The second-order valence-corrected chi connectivity index (χ2v) is 6.42. The average molecular weight is 352 g/mol. The first kappa shape index (κ1) is 14.8. The van der Waals surface area contributed by atoms with Crippen molar-refractivity contribution in [3.63, 3.8) is 0 Å². The summed E-state index contributed by atoms with van der Waals surface area (Å²) >= 11 is 4.96. The van der Waals surface area contributed by atoms with Crippen LogP contribution >= 0.6 is 27.3 Å². The molecular formula is C15H14BrNO2S. The molecule has 0 saturated carbocycles. The van der Waals surface area contributed by atoms with Crippen LogP contribution in [0.3, 0.4) is 0 Å². The third-order valence-electron chi connectivity index (χ3n) is 2.41. The highest BCUT2D eigenvalue weighted by molar-refractivity contribution is 9.11. The second-order valence-electron chi connectivity index (χ2n) is 3.93. The molecule has 0 radical (unpaired) electrons. The van der Waals surface area contributed by atoms with Gasteiger partial charge in [0.05, 0.1) is 10.3 Å². The number of hydrogen-bond acceptors (Lipinski definition) is 3. The zero-order valence-electron chi connectivity index (χ0n) is 10.7. The van der Waals surface area contributed by atoms with Crippen LogP contribution in [0.25, 0.3) is 6.08 Å². The van der Waals surface area contributed by atoms with E-state index in [4.69, 9.17) is 4.74 Å². The lowest BCUT2D eigenvalue weighted by Gasteiger charge is -2.05. The number of rotatable bonds is 6. The molecule has 0 spiro atoms. The molecule has 0 fully saturated rings. The number of amides is 1. The van der Waals surface area contributed by atoms with Crippen LogP contribution in [0, 0.1) is 0 Å². The van der Waals surface area contributed by atoms with Gasteiger partial charge in [-0.3, -0.25) is 4.79 Å². The standard InChI is InChI=1S/C15H14BrNO2S/c16-14-8-6-13(20-14)7-9-15(18)17-10-11-19-12-4-2-1-3-5-12/h1-9H,10-11H2,(H,17,18). The van der Waals surface area contributed by atoms with Crippen LogP contribution in [-0.2, 0) is 4.79 Å². The van der Waals surface area contributed by atoms with E-state index < -0.39 is 0 Å². The number of thiophene rings is 1. The molecule has 0 bridgehead atoms. The predicted molar refractivity (Wildman–Crippen MR) is 86.0 cm³/mol. The zero-order valence-corrected chi connectivity index (χ0v) is 13.1. The minimum Gasteiger partial charge on any atom is -0.492 e. The molecule has 20 heavy (non-hydrogen) atoms. The van der Waals surface area contributed by atoms with E-state index in [9.17, 15) is 4.79 Å². The summed E-state index contributed by atoms with van der Waals surface area (Å²) in [5.41, 5.74) is 0. The van der Waals surface area contributed by atoms with E-state index in [1.54, 1.807) is 17.4 Å². The van der Waals surface area contributed by atoms with E-state index in [0.717, 1.165) is 14.4 Å². The Balaban J connectivity index is 1.66. The number of halogens is 1. The minimum atomic E-state index is -0.119. The fraction of sp³-hybridized carbons (Fsp3) is 0.133. The number of nitrogens with one attached hydrogen (secondary N) is 1. The number of carbonyl (C=O) groups excluding carboxylic acids is 1. The summed E-state index contributed by atoms with van der Waals surface area (Å²) in [6.07, 6.45) is 3.32. The van der Waals surface area contributed by atoms with Gasteiger partial charge in [0.2, 0.25) is 5.91 Å². The third-order valence-corrected chi connectivity index (χ3v) is 4.00. The molecule has 0 aliphatic rings. The Bertz CT molecular complexity index is 581. The molecule has 3 nitrogen and oxygen atoms in total. The molecule has 0 atom stereocenters. The van der Waals surface area contributed by atoms with Gasteiger partial charge in [-0.2, -0.15) is 0 Å². The van der Waals surface area contributed by atoms with Crippen LogP contribution < -0.4 is 10.1 Å². The Morgan fingerprint density at radius 3 is 2.75 bits per heavy atom. The summed E-state index contributed by atoms with van der Waals surface area (Å²) in [4.78, 5) is 12.6. The number of benzene rings is 1. The minimum absolute atomic E-state index is 0.119. The first-order chi connectivity index (χ1) is 9.74. The largest absolute Gasteiger partial charge is 0.492 e. The van der Waals surface area contributed by atoms with Crippen molar-refractivity contribution < 1.29 is 9.53 Å². The maximum Gasteiger partial charge on any atom is 0.244 e. The smallest absolute Gasteiger partial charge is 0.244 e. The van der Waals surface area contributed by atoms with Gasteiger partial charge in [-0.25, -0.2) is 0 Å². The van der Waals surface area contributed by atoms with Crippen molar-refractivity contribution in [2.45, 2.75) is 0 Å². The maximum absolute atomic E-state index is 11.6. The Kier molecular flexibility index (Phi) is 5.83. The molecule has 0 saturated heterocycles. The maximum atomic E-state index is 11.6. The Hall–Kier alpha value is -1.59. The summed E-state index contributed by atoms with van der Waals surface area (Å²) in [7, 11) is 0. The molecule has 0 aliphatic heterocycles. The molecule has 1 heterocycles. The van der Waals surface area contributed by atoms with E-state index >= 15 is 0 Å². The monoisotopic (exact) mass is 351 g/mol. The molecule has 2 aromatic rings. The summed E-state index contributed by atoms with van der Waals surface area (Å²) in [6.45, 7) is 0.931. The van der Waals surface area contributed by atoms with Gasteiger partial charge in [0.1, 0.15) is 12.4 Å². The molecule has 104 valence electrons. The van der Waals surface area contributed by atoms with Gasteiger partial charge in [-0.05, 0) is 46.3 Å². The van der Waals surface area contributed by atoms with Crippen molar-refractivity contribution >= 4 is 39.2 Å². The highest BCUT2D eigenvalue weighted by atomic mass is 79.9. The van der Waals surface area contributed by atoms with E-state index in [2.05, 4.69) is 21.2 Å². The van der Waals surface area contributed by atoms with Gasteiger partial charge in [0.15, 0.2) is 0 Å². The normalized spacial score (nSPS) is 10.7. The summed E-state index contributed by atoms with van der Waals surface area (Å²) in [6, 6.07) is 13.4. The topological polar surface area (TPSA) is 38.3 Å². The molecule has 2 rings (SSSR count). The highest BCUT2D eigenvalue weighted by Crippen LogP contribution is 2.22. The van der Waals surface area contributed by atoms with Crippen molar-refractivity contribution in [3.05, 3.63) is 57.2 Å². The van der Waals surface area contributed by atoms with Crippen molar-refractivity contribution in [1.82, 2.24) is 5.32 Å².